The maximum Gasteiger partial charge on any atom is 0.252 e. The number of benzene rings is 1. The van der Waals surface area contributed by atoms with Gasteiger partial charge in [0.1, 0.15) is 5.82 Å². The van der Waals surface area contributed by atoms with Crippen molar-refractivity contribution in [2.24, 2.45) is 0 Å². The van der Waals surface area contributed by atoms with Crippen molar-refractivity contribution in [1.29, 1.82) is 0 Å². The minimum absolute atomic E-state index is 0.0529. The zero-order chi connectivity index (χ0) is 13.9. The maximum atomic E-state index is 12.0. The van der Waals surface area contributed by atoms with Crippen LogP contribution in [0.1, 0.15) is 24.4 Å². The molecule has 20 heavy (non-hydrogen) atoms. The smallest absolute Gasteiger partial charge is 0.252 e. The fourth-order valence-corrected chi connectivity index (χ4v) is 2.20. The molecule has 5 heteroatoms. The summed E-state index contributed by atoms with van der Waals surface area (Å²) in [6.45, 7) is 2.51. The standard InChI is InChI=1S/C15H16N4O/c1-10(14-16-6-7-17-14)18-9-12-8-11-4-2-3-5-13(11)19-15(12)20/h2-8,10,18H,9H2,1H3,(H,16,17)(H,19,20). The molecule has 102 valence electrons. The number of aromatic amines is 2. The fraction of sp³-hybridized carbons (Fsp3) is 0.200. The zero-order valence-corrected chi connectivity index (χ0v) is 11.2. The van der Waals surface area contributed by atoms with Crippen LogP contribution in [0, 0.1) is 0 Å². The monoisotopic (exact) mass is 268 g/mol. The van der Waals surface area contributed by atoms with Gasteiger partial charge < -0.3 is 15.3 Å². The number of hydrogen-bond acceptors (Lipinski definition) is 3. The van der Waals surface area contributed by atoms with Gasteiger partial charge in [-0.3, -0.25) is 4.79 Å². The van der Waals surface area contributed by atoms with Crippen LogP contribution in [0.3, 0.4) is 0 Å². The van der Waals surface area contributed by atoms with E-state index in [9.17, 15) is 4.79 Å². The van der Waals surface area contributed by atoms with Gasteiger partial charge in [0.05, 0.1) is 6.04 Å². The molecule has 0 spiro atoms. The van der Waals surface area contributed by atoms with E-state index in [-0.39, 0.29) is 11.6 Å². The minimum atomic E-state index is -0.0529. The molecule has 1 atom stereocenters. The van der Waals surface area contributed by atoms with Crippen LogP contribution in [0.2, 0.25) is 0 Å². The van der Waals surface area contributed by atoms with Gasteiger partial charge in [0.2, 0.25) is 0 Å². The summed E-state index contributed by atoms with van der Waals surface area (Å²) in [5.41, 5.74) is 1.53. The highest BCUT2D eigenvalue weighted by molar-refractivity contribution is 5.78. The Kier molecular flexibility index (Phi) is 3.35. The largest absolute Gasteiger partial charge is 0.347 e. The Morgan fingerprint density at radius 1 is 1.35 bits per heavy atom. The minimum Gasteiger partial charge on any atom is -0.347 e. The second-order valence-corrected chi connectivity index (χ2v) is 4.79. The normalized spacial score (nSPS) is 12.7. The van der Waals surface area contributed by atoms with E-state index in [4.69, 9.17) is 0 Å². The number of rotatable bonds is 4. The van der Waals surface area contributed by atoms with Crippen LogP contribution >= 0.6 is 0 Å². The van der Waals surface area contributed by atoms with Crippen molar-refractivity contribution in [1.82, 2.24) is 20.3 Å². The number of imidazole rings is 1. The predicted octanol–water partition coefficient (Wildman–Crippen LogP) is 2.10. The first-order chi connectivity index (χ1) is 9.74. The second-order valence-electron chi connectivity index (χ2n) is 4.79. The van der Waals surface area contributed by atoms with Crippen molar-refractivity contribution in [3.8, 4) is 0 Å². The molecule has 0 saturated carbocycles. The molecule has 5 nitrogen and oxygen atoms in total. The van der Waals surface area contributed by atoms with E-state index >= 15 is 0 Å². The first-order valence-electron chi connectivity index (χ1n) is 6.57. The van der Waals surface area contributed by atoms with Crippen LogP contribution in [0.25, 0.3) is 10.9 Å². The van der Waals surface area contributed by atoms with Gasteiger partial charge in [-0.05, 0) is 24.4 Å². The molecule has 3 N–H and O–H groups in total. The molecule has 3 aromatic rings. The lowest BCUT2D eigenvalue weighted by Gasteiger charge is -2.11. The van der Waals surface area contributed by atoms with Gasteiger partial charge in [0, 0.05) is 30.0 Å². The molecule has 0 aliphatic heterocycles. The van der Waals surface area contributed by atoms with Gasteiger partial charge in [0.25, 0.3) is 5.56 Å². The Morgan fingerprint density at radius 2 is 2.20 bits per heavy atom. The van der Waals surface area contributed by atoms with Crippen molar-refractivity contribution in [2.45, 2.75) is 19.5 Å². The van der Waals surface area contributed by atoms with Gasteiger partial charge in [-0.25, -0.2) is 4.98 Å². The van der Waals surface area contributed by atoms with Crippen LogP contribution in [0.5, 0.6) is 0 Å². The first kappa shape index (κ1) is 12.6. The van der Waals surface area contributed by atoms with Crippen molar-refractivity contribution in [2.75, 3.05) is 0 Å². The fourth-order valence-electron chi connectivity index (χ4n) is 2.20. The van der Waals surface area contributed by atoms with Crippen molar-refractivity contribution < 1.29 is 0 Å². The Bertz CT molecular complexity index is 761. The summed E-state index contributed by atoms with van der Waals surface area (Å²) in [5.74, 6) is 0.863. The van der Waals surface area contributed by atoms with Crippen molar-refractivity contribution >= 4 is 10.9 Å². The van der Waals surface area contributed by atoms with Crippen molar-refractivity contribution in [3.05, 3.63) is 64.5 Å². The average molecular weight is 268 g/mol. The Hall–Kier alpha value is -2.40. The number of para-hydroxylation sites is 1. The molecular weight excluding hydrogens is 252 g/mol. The number of nitrogens with zero attached hydrogens (tertiary/aromatic N) is 1. The number of H-pyrrole nitrogens is 2. The van der Waals surface area contributed by atoms with Crippen LogP contribution in [0.15, 0.2) is 47.5 Å². The zero-order valence-electron chi connectivity index (χ0n) is 11.2. The molecule has 0 aliphatic rings. The van der Waals surface area contributed by atoms with Gasteiger partial charge in [0.15, 0.2) is 0 Å². The molecule has 0 radical (unpaired) electrons. The summed E-state index contributed by atoms with van der Waals surface area (Å²) in [6, 6.07) is 9.76. The van der Waals surface area contributed by atoms with E-state index in [2.05, 4.69) is 20.3 Å². The highest BCUT2D eigenvalue weighted by Gasteiger charge is 2.08. The molecule has 2 aromatic heterocycles. The number of aromatic nitrogens is 3. The summed E-state index contributed by atoms with van der Waals surface area (Å²) >= 11 is 0. The Labute approximate surface area is 116 Å². The van der Waals surface area contributed by atoms with Gasteiger partial charge in [-0.2, -0.15) is 0 Å². The summed E-state index contributed by atoms with van der Waals surface area (Å²) in [5, 5.41) is 4.33. The number of nitrogens with one attached hydrogen (secondary N) is 3. The first-order valence-corrected chi connectivity index (χ1v) is 6.57. The van der Waals surface area contributed by atoms with E-state index < -0.39 is 0 Å². The van der Waals surface area contributed by atoms with Crippen LogP contribution < -0.4 is 10.9 Å². The highest BCUT2D eigenvalue weighted by atomic mass is 16.1. The molecule has 1 unspecified atom stereocenters. The third-order valence-electron chi connectivity index (χ3n) is 3.36. The predicted molar refractivity (Wildman–Crippen MR) is 78.4 cm³/mol. The third-order valence-corrected chi connectivity index (χ3v) is 3.36. The molecule has 0 aliphatic carbocycles. The van der Waals surface area contributed by atoms with E-state index in [1.54, 1.807) is 12.4 Å². The molecule has 0 bridgehead atoms. The third kappa shape index (κ3) is 2.48. The highest BCUT2D eigenvalue weighted by Crippen LogP contribution is 2.11. The SMILES string of the molecule is CC(NCc1cc2ccccc2[nH]c1=O)c1ncc[nH]1. The maximum absolute atomic E-state index is 12.0. The van der Waals surface area contributed by atoms with E-state index in [0.717, 1.165) is 22.3 Å². The number of hydrogen-bond donors (Lipinski definition) is 3. The lowest BCUT2D eigenvalue weighted by atomic mass is 10.1. The quantitative estimate of drug-likeness (QED) is 0.678. The van der Waals surface area contributed by atoms with E-state index in [1.165, 1.54) is 0 Å². The topological polar surface area (TPSA) is 73.6 Å². The van der Waals surface area contributed by atoms with Crippen LogP contribution in [-0.2, 0) is 6.54 Å². The number of fused-ring (bicyclic) bond motifs is 1. The Balaban J connectivity index is 1.80. The van der Waals surface area contributed by atoms with Gasteiger partial charge in [-0.15, -0.1) is 0 Å². The molecule has 3 rings (SSSR count). The molecule has 2 heterocycles. The van der Waals surface area contributed by atoms with Crippen LogP contribution in [-0.4, -0.2) is 15.0 Å². The van der Waals surface area contributed by atoms with Gasteiger partial charge >= 0.3 is 0 Å². The lowest BCUT2D eigenvalue weighted by Crippen LogP contribution is -2.24. The average Bonchev–Trinajstić information content (AvgIpc) is 2.99. The summed E-state index contributed by atoms with van der Waals surface area (Å²) in [6.07, 6.45) is 3.51. The molecule has 1 aromatic carbocycles. The molecule has 0 saturated heterocycles. The summed E-state index contributed by atoms with van der Waals surface area (Å²) < 4.78 is 0. The van der Waals surface area contributed by atoms with E-state index in [1.807, 2.05) is 37.3 Å². The Morgan fingerprint density at radius 3 is 3.00 bits per heavy atom. The summed E-state index contributed by atoms with van der Waals surface area (Å²) in [4.78, 5) is 22.2. The number of pyridine rings is 1. The van der Waals surface area contributed by atoms with Crippen LogP contribution in [0.4, 0.5) is 0 Å². The molecular formula is C15H16N4O. The lowest BCUT2D eigenvalue weighted by molar-refractivity contribution is 0.549. The van der Waals surface area contributed by atoms with Crippen molar-refractivity contribution in [3.63, 3.8) is 0 Å². The molecule has 0 fully saturated rings. The second kappa shape index (κ2) is 5.30. The summed E-state index contributed by atoms with van der Waals surface area (Å²) in [7, 11) is 0. The van der Waals surface area contributed by atoms with Gasteiger partial charge in [-0.1, -0.05) is 18.2 Å². The molecule has 0 amide bonds. The van der Waals surface area contributed by atoms with E-state index in [0.29, 0.717) is 6.54 Å².